The average Bonchev–Trinajstić information content (AvgIpc) is 3.18. The highest BCUT2D eigenvalue weighted by Crippen LogP contribution is 2.36. The Morgan fingerprint density at radius 1 is 1.31 bits per heavy atom. The normalized spacial score (nSPS) is 25.0. The minimum atomic E-state index is -0.235. The van der Waals surface area contributed by atoms with E-state index in [1.165, 1.54) is 25.7 Å². The van der Waals surface area contributed by atoms with Crippen LogP contribution < -0.4 is 0 Å². The summed E-state index contributed by atoms with van der Waals surface area (Å²) < 4.78 is 12.2. The summed E-state index contributed by atoms with van der Waals surface area (Å²) in [5.41, 5.74) is 0.852. The molecule has 5 nitrogen and oxygen atoms in total. The lowest BCUT2D eigenvalue weighted by atomic mass is 9.84. The topological polar surface area (TPSA) is 62.6 Å². The Kier molecular flexibility index (Phi) is 4.97. The molecule has 1 aliphatic carbocycles. The quantitative estimate of drug-likeness (QED) is 0.833. The summed E-state index contributed by atoms with van der Waals surface area (Å²) in [5, 5.41) is 9.00. The van der Waals surface area contributed by atoms with E-state index in [0.717, 1.165) is 25.4 Å². The lowest BCUT2D eigenvalue weighted by molar-refractivity contribution is -0.187. The molecule has 0 aromatic heterocycles. The van der Waals surface area contributed by atoms with Crippen LogP contribution in [0.25, 0.3) is 0 Å². The van der Waals surface area contributed by atoms with Crippen LogP contribution in [-0.4, -0.2) is 48.8 Å². The summed E-state index contributed by atoms with van der Waals surface area (Å²) in [6.45, 7) is 2.82. The van der Waals surface area contributed by atoms with E-state index in [9.17, 15) is 4.79 Å². The number of benzene rings is 1. The van der Waals surface area contributed by atoms with E-state index in [2.05, 4.69) is 6.07 Å². The van der Waals surface area contributed by atoms with Crippen molar-refractivity contribution < 1.29 is 14.3 Å². The molecule has 5 heteroatoms. The van der Waals surface area contributed by atoms with Crippen molar-refractivity contribution in [2.45, 2.75) is 50.2 Å². The van der Waals surface area contributed by atoms with E-state index in [1.54, 1.807) is 24.3 Å². The zero-order valence-corrected chi connectivity index (χ0v) is 15.2. The molecule has 0 N–H and O–H groups in total. The van der Waals surface area contributed by atoms with Gasteiger partial charge in [0.1, 0.15) is 5.60 Å². The molecule has 138 valence electrons. The Morgan fingerprint density at radius 2 is 2.12 bits per heavy atom. The number of nitrogens with zero attached hydrogens (tertiary/aromatic N) is 2. The van der Waals surface area contributed by atoms with E-state index in [0.29, 0.717) is 30.8 Å². The first-order valence-corrected chi connectivity index (χ1v) is 9.72. The first kappa shape index (κ1) is 17.5. The van der Waals surface area contributed by atoms with Gasteiger partial charge >= 0.3 is 0 Å². The van der Waals surface area contributed by atoms with Crippen LogP contribution >= 0.6 is 0 Å². The number of hydrogen-bond acceptors (Lipinski definition) is 4. The molecule has 1 aromatic rings. The molecule has 3 fully saturated rings. The minimum Gasteiger partial charge on any atom is -0.378 e. The van der Waals surface area contributed by atoms with E-state index >= 15 is 0 Å². The van der Waals surface area contributed by atoms with Crippen molar-refractivity contribution in [3.05, 3.63) is 35.4 Å². The summed E-state index contributed by atoms with van der Waals surface area (Å²) in [5.74, 6) is 0.714. The first-order chi connectivity index (χ1) is 12.7. The van der Waals surface area contributed by atoms with Gasteiger partial charge in [0, 0.05) is 25.2 Å². The Labute approximate surface area is 154 Å². The van der Waals surface area contributed by atoms with Gasteiger partial charge in [0.15, 0.2) is 0 Å². The van der Waals surface area contributed by atoms with Crippen LogP contribution in [0.15, 0.2) is 24.3 Å². The standard InChI is InChI=1S/C21H26N2O3/c22-12-17-6-3-7-18(10-17)20(24)23-14-21(15-23)11-19(8-9-26-21)25-13-16-4-1-2-5-16/h3,6-7,10,16,19H,1-2,4-5,8-9,11,13-15H2/t19-/m0/s1. The third-order valence-corrected chi connectivity index (χ3v) is 5.97. The molecule has 0 radical (unpaired) electrons. The molecule has 0 unspecified atom stereocenters. The second kappa shape index (κ2) is 7.38. The van der Waals surface area contributed by atoms with Crippen molar-refractivity contribution in [1.82, 2.24) is 4.90 Å². The zero-order chi connectivity index (χ0) is 18.0. The predicted molar refractivity (Wildman–Crippen MR) is 96.7 cm³/mol. The smallest absolute Gasteiger partial charge is 0.254 e. The number of hydrogen-bond donors (Lipinski definition) is 0. The zero-order valence-electron chi connectivity index (χ0n) is 15.2. The number of carbonyl (C=O) groups excluding carboxylic acids is 1. The Morgan fingerprint density at radius 3 is 2.88 bits per heavy atom. The van der Waals surface area contributed by atoms with Crippen molar-refractivity contribution in [2.24, 2.45) is 5.92 Å². The van der Waals surface area contributed by atoms with E-state index in [-0.39, 0.29) is 17.6 Å². The summed E-state index contributed by atoms with van der Waals surface area (Å²) in [4.78, 5) is 14.4. The van der Waals surface area contributed by atoms with E-state index in [1.807, 2.05) is 4.90 Å². The third kappa shape index (κ3) is 3.62. The molecule has 1 spiro atoms. The molecule has 0 bridgehead atoms. The molecule has 3 aliphatic rings. The second-order valence-corrected chi connectivity index (χ2v) is 7.98. The number of likely N-dealkylation sites (tertiary alicyclic amines) is 1. The maximum absolute atomic E-state index is 12.6. The van der Waals surface area contributed by atoms with Crippen molar-refractivity contribution in [3.8, 4) is 6.07 Å². The molecule has 1 saturated carbocycles. The molecule has 2 saturated heterocycles. The van der Waals surface area contributed by atoms with Gasteiger partial charge in [0.25, 0.3) is 5.91 Å². The number of rotatable bonds is 4. The van der Waals surface area contributed by atoms with Crippen molar-refractivity contribution in [1.29, 1.82) is 5.26 Å². The number of amides is 1. The molecule has 1 atom stereocenters. The van der Waals surface area contributed by atoms with Crippen LogP contribution in [0, 0.1) is 17.2 Å². The fourth-order valence-corrected chi connectivity index (χ4v) is 4.49. The monoisotopic (exact) mass is 354 g/mol. The van der Waals surface area contributed by atoms with Gasteiger partial charge in [-0.3, -0.25) is 4.79 Å². The van der Waals surface area contributed by atoms with Crippen LogP contribution in [0.3, 0.4) is 0 Å². The molecule has 2 heterocycles. The van der Waals surface area contributed by atoms with Gasteiger partial charge in [-0.25, -0.2) is 0 Å². The minimum absolute atomic E-state index is 0.0228. The Bertz CT molecular complexity index is 699. The summed E-state index contributed by atoms with van der Waals surface area (Å²) in [6, 6.07) is 8.98. The van der Waals surface area contributed by atoms with Crippen LogP contribution in [0.2, 0.25) is 0 Å². The molecular formula is C21H26N2O3. The van der Waals surface area contributed by atoms with Crippen molar-refractivity contribution in [3.63, 3.8) is 0 Å². The number of nitriles is 1. The lowest BCUT2D eigenvalue weighted by Gasteiger charge is -2.53. The van der Waals surface area contributed by atoms with Gasteiger partial charge in [0.05, 0.1) is 30.8 Å². The molecule has 4 rings (SSSR count). The van der Waals surface area contributed by atoms with Gasteiger partial charge in [-0.1, -0.05) is 18.9 Å². The van der Waals surface area contributed by atoms with Gasteiger partial charge in [-0.15, -0.1) is 0 Å². The largest absolute Gasteiger partial charge is 0.378 e. The highest BCUT2D eigenvalue weighted by atomic mass is 16.5. The highest BCUT2D eigenvalue weighted by molar-refractivity contribution is 5.95. The Hall–Kier alpha value is -1.90. The van der Waals surface area contributed by atoms with E-state index < -0.39 is 0 Å². The lowest BCUT2D eigenvalue weighted by Crippen LogP contribution is -2.67. The SMILES string of the molecule is N#Cc1cccc(C(=O)N2CC3(C[C@@H](OCC4CCCC4)CCO3)C2)c1. The van der Waals surface area contributed by atoms with E-state index in [4.69, 9.17) is 14.7 Å². The average molecular weight is 354 g/mol. The summed E-state index contributed by atoms with van der Waals surface area (Å²) in [7, 11) is 0. The van der Waals surface area contributed by atoms with Gasteiger partial charge < -0.3 is 14.4 Å². The fourth-order valence-electron chi connectivity index (χ4n) is 4.49. The van der Waals surface area contributed by atoms with Crippen LogP contribution in [0.5, 0.6) is 0 Å². The van der Waals surface area contributed by atoms with Crippen molar-refractivity contribution in [2.75, 3.05) is 26.3 Å². The van der Waals surface area contributed by atoms with Crippen molar-refractivity contribution >= 4 is 5.91 Å². The van der Waals surface area contributed by atoms with Gasteiger partial charge in [0.2, 0.25) is 0 Å². The number of carbonyl (C=O) groups is 1. The van der Waals surface area contributed by atoms with Crippen LogP contribution in [0.1, 0.15) is 54.4 Å². The van der Waals surface area contributed by atoms with Crippen LogP contribution in [-0.2, 0) is 9.47 Å². The van der Waals surface area contributed by atoms with Gasteiger partial charge in [-0.2, -0.15) is 5.26 Å². The molecule has 1 aromatic carbocycles. The second-order valence-electron chi connectivity index (χ2n) is 7.98. The van der Waals surface area contributed by atoms with Crippen LogP contribution in [0.4, 0.5) is 0 Å². The Balaban J connectivity index is 1.30. The molecule has 26 heavy (non-hydrogen) atoms. The summed E-state index contributed by atoms with van der Waals surface area (Å²) >= 11 is 0. The highest BCUT2D eigenvalue weighted by Gasteiger charge is 2.49. The molecular weight excluding hydrogens is 328 g/mol. The fraction of sp³-hybridized carbons (Fsp3) is 0.619. The maximum Gasteiger partial charge on any atom is 0.254 e. The maximum atomic E-state index is 12.6. The summed E-state index contributed by atoms with van der Waals surface area (Å²) in [6.07, 6.45) is 7.38. The molecule has 1 amide bonds. The van der Waals surface area contributed by atoms with Gasteiger partial charge in [-0.05, 0) is 43.4 Å². The number of ether oxygens (including phenoxy) is 2. The first-order valence-electron chi connectivity index (χ1n) is 9.72. The predicted octanol–water partition coefficient (Wildman–Crippen LogP) is 3.14. The third-order valence-electron chi connectivity index (χ3n) is 5.97. The molecule has 2 aliphatic heterocycles.